The van der Waals surface area contributed by atoms with E-state index in [-0.39, 0.29) is 5.41 Å². The maximum absolute atomic E-state index is 5.83. The van der Waals surface area contributed by atoms with Crippen LogP contribution in [0.5, 0.6) is 0 Å². The molecule has 0 spiro atoms. The first-order chi connectivity index (χ1) is 9.13. The van der Waals surface area contributed by atoms with Crippen LogP contribution in [0, 0.1) is 5.41 Å². The van der Waals surface area contributed by atoms with Crippen LogP contribution in [-0.4, -0.2) is 18.8 Å². The molecule has 106 valence electrons. The van der Waals surface area contributed by atoms with Crippen LogP contribution in [0.2, 0.25) is 0 Å². The van der Waals surface area contributed by atoms with E-state index >= 15 is 0 Å². The Kier molecular flexibility index (Phi) is 3.71. The summed E-state index contributed by atoms with van der Waals surface area (Å²) >= 11 is 1.93. The van der Waals surface area contributed by atoms with Crippen molar-refractivity contribution in [3.8, 4) is 0 Å². The van der Waals surface area contributed by atoms with E-state index in [2.05, 4.69) is 37.5 Å². The van der Waals surface area contributed by atoms with Gasteiger partial charge in [0, 0.05) is 29.0 Å². The lowest BCUT2D eigenvalue weighted by atomic mass is 9.64. The van der Waals surface area contributed by atoms with Crippen molar-refractivity contribution in [2.45, 2.75) is 64.6 Å². The summed E-state index contributed by atoms with van der Waals surface area (Å²) in [5.41, 5.74) is 1.83. The fourth-order valence-electron chi connectivity index (χ4n) is 3.55. The first-order valence-corrected chi connectivity index (χ1v) is 8.44. The first-order valence-electron chi connectivity index (χ1n) is 7.56. The molecule has 1 heterocycles. The van der Waals surface area contributed by atoms with Crippen molar-refractivity contribution >= 4 is 11.3 Å². The predicted molar refractivity (Wildman–Crippen MR) is 80.7 cm³/mol. The highest BCUT2D eigenvalue weighted by molar-refractivity contribution is 7.10. The first kappa shape index (κ1) is 13.6. The van der Waals surface area contributed by atoms with Crippen molar-refractivity contribution in [2.24, 2.45) is 5.41 Å². The number of thiophene rings is 1. The fraction of sp³-hybridized carbons (Fsp3) is 0.750. The lowest BCUT2D eigenvalue weighted by Gasteiger charge is -2.53. The van der Waals surface area contributed by atoms with Crippen LogP contribution in [0.15, 0.2) is 11.4 Å². The summed E-state index contributed by atoms with van der Waals surface area (Å²) in [4.78, 5) is 1.60. The molecule has 1 aromatic heterocycles. The van der Waals surface area contributed by atoms with Crippen LogP contribution in [0.4, 0.5) is 0 Å². The van der Waals surface area contributed by atoms with Gasteiger partial charge in [0.1, 0.15) is 0 Å². The molecular formula is C16H25NOS. The molecule has 1 saturated carbocycles. The Labute approximate surface area is 120 Å². The molecule has 2 aliphatic carbocycles. The fourth-order valence-corrected chi connectivity index (χ4v) is 4.54. The maximum atomic E-state index is 5.83. The average molecular weight is 279 g/mol. The molecule has 1 aromatic rings. The molecule has 0 aromatic carbocycles. The highest BCUT2D eigenvalue weighted by Crippen LogP contribution is 2.45. The summed E-state index contributed by atoms with van der Waals surface area (Å²) in [7, 11) is 0. The van der Waals surface area contributed by atoms with E-state index in [0.717, 1.165) is 13.0 Å². The predicted octanol–water partition coefficient (Wildman–Crippen LogP) is 3.92. The molecule has 0 radical (unpaired) electrons. The van der Waals surface area contributed by atoms with Crippen LogP contribution in [-0.2, 0) is 11.2 Å². The molecule has 19 heavy (non-hydrogen) atoms. The van der Waals surface area contributed by atoms with Gasteiger partial charge in [0.25, 0.3) is 0 Å². The van der Waals surface area contributed by atoms with Gasteiger partial charge in [-0.2, -0.15) is 0 Å². The average Bonchev–Trinajstić information content (AvgIpc) is 2.86. The number of hydrogen-bond acceptors (Lipinski definition) is 3. The standard InChI is InChI=1S/C16H25NOS/c1-4-18-15-10-14(16(15,2)3)17-12-6-5-7-13-11(12)8-9-19-13/h8-9,12,14-15,17H,4-7,10H2,1-3H3. The van der Waals surface area contributed by atoms with Crippen molar-refractivity contribution < 1.29 is 4.74 Å². The topological polar surface area (TPSA) is 21.3 Å². The van der Waals surface area contributed by atoms with Crippen molar-refractivity contribution in [3.63, 3.8) is 0 Å². The molecule has 2 nitrogen and oxygen atoms in total. The van der Waals surface area contributed by atoms with E-state index in [1.54, 1.807) is 10.4 Å². The smallest absolute Gasteiger partial charge is 0.0655 e. The van der Waals surface area contributed by atoms with E-state index in [4.69, 9.17) is 4.74 Å². The molecule has 0 amide bonds. The quantitative estimate of drug-likeness (QED) is 0.902. The largest absolute Gasteiger partial charge is 0.378 e. The summed E-state index contributed by atoms with van der Waals surface area (Å²) < 4.78 is 5.83. The van der Waals surface area contributed by atoms with Gasteiger partial charge in [0.05, 0.1) is 6.10 Å². The molecule has 3 atom stereocenters. The number of rotatable bonds is 4. The summed E-state index contributed by atoms with van der Waals surface area (Å²) in [5, 5.41) is 6.15. The third-order valence-corrected chi connectivity index (χ3v) is 6.00. The summed E-state index contributed by atoms with van der Waals surface area (Å²) in [6, 6.07) is 3.49. The Bertz CT molecular complexity index is 440. The number of hydrogen-bond donors (Lipinski definition) is 1. The molecule has 0 aliphatic heterocycles. The SMILES string of the molecule is CCOC1CC(NC2CCCc3sccc32)C1(C)C. The second-order valence-electron chi connectivity index (χ2n) is 6.46. The molecule has 3 heteroatoms. The number of aryl methyl sites for hydroxylation is 1. The number of ether oxygens (including phenoxy) is 1. The zero-order valence-electron chi connectivity index (χ0n) is 12.2. The third-order valence-electron chi connectivity index (χ3n) is 5.00. The highest BCUT2D eigenvalue weighted by Gasteiger charge is 2.49. The van der Waals surface area contributed by atoms with Crippen LogP contribution in [0.1, 0.15) is 56.5 Å². The molecule has 1 fully saturated rings. The van der Waals surface area contributed by atoms with Gasteiger partial charge in [0.2, 0.25) is 0 Å². The Morgan fingerprint density at radius 2 is 2.32 bits per heavy atom. The van der Waals surface area contributed by atoms with Gasteiger partial charge < -0.3 is 10.1 Å². The minimum absolute atomic E-state index is 0.268. The molecule has 0 saturated heterocycles. The van der Waals surface area contributed by atoms with Gasteiger partial charge >= 0.3 is 0 Å². The molecule has 3 rings (SSSR count). The highest BCUT2D eigenvalue weighted by atomic mass is 32.1. The Morgan fingerprint density at radius 3 is 3.05 bits per heavy atom. The van der Waals surface area contributed by atoms with E-state index < -0.39 is 0 Å². The minimum Gasteiger partial charge on any atom is -0.378 e. The van der Waals surface area contributed by atoms with Crippen LogP contribution in [0.3, 0.4) is 0 Å². The summed E-state index contributed by atoms with van der Waals surface area (Å²) in [6.45, 7) is 7.60. The molecule has 2 aliphatic rings. The van der Waals surface area contributed by atoms with E-state index in [1.807, 2.05) is 11.3 Å². The zero-order valence-corrected chi connectivity index (χ0v) is 13.1. The maximum Gasteiger partial charge on any atom is 0.0655 e. The number of nitrogens with one attached hydrogen (secondary N) is 1. The third kappa shape index (κ3) is 2.37. The monoisotopic (exact) mass is 279 g/mol. The molecule has 0 bridgehead atoms. The van der Waals surface area contributed by atoms with Crippen molar-refractivity contribution in [1.82, 2.24) is 5.32 Å². The van der Waals surface area contributed by atoms with E-state index in [1.165, 1.54) is 19.3 Å². The van der Waals surface area contributed by atoms with Crippen molar-refractivity contribution in [1.29, 1.82) is 0 Å². The van der Waals surface area contributed by atoms with Gasteiger partial charge in [-0.05, 0) is 49.6 Å². The van der Waals surface area contributed by atoms with E-state index in [9.17, 15) is 0 Å². The summed E-state index contributed by atoms with van der Waals surface area (Å²) in [6.07, 6.45) is 5.49. The second kappa shape index (κ2) is 5.19. The Hall–Kier alpha value is -0.380. The van der Waals surface area contributed by atoms with Gasteiger partial charge in [-0.25, -0.2) is 0 Å². The normalized spacial score (nSPS) is 32.7. The Morgan fingerprint density at radius 1 is 1.47 bits per heavy atom. The van der Waals surface area contributed by atoms with Crippen molar-refractivity contribution in [2.75, 3.05) is 6.61 Å². The lowest BCUT2D eigenvalue weighted by molar-refractivity contribution is -0.117. The van der Waals surface area contributed by atoms with Gasteiger partial charge in [-0.3, -0.25) is 0 Å². The molecular weight excluding hydrogens is 254 g/mol. The minimum atomic E-state index is 0.268. The van der Waals surface area contributed by atoms with Gasteiger partial charge in [-0.1, -0.05) is 13.8 Å². The summed E-state index contributed by atoms with van der Waals surface area (Å²) in [5.74, 6) is 0. The number of fused-ring (bicyclic) bond motifs is 1. The van der Waals surface area contributed by atoms with Crippen molar-refractivity contribution in [3.05, 3.63) is 21.9 Å². The molecule has 3 unspecified atom stereocenters. The van der Waals surface area contributed by atoms with Gasteiger partial charge in [0.15, 0.2) is 0 Å². The molecule has 1 N–H and O–H groups in total. The zero-order chi connectivity index (χ0) is 13.5. The Balaban J connectivity index is 1.65. The van der Waals surface area contributed by atoms with Crippen LogP contribution >= 0.6 is 11.3 Å². The van der Waals surface area contributed by atoms with E-state index in [0.29, 0.717) is 18.2 Å². The van der Waals surface area contributed by atoms with Gasteiger partial charge in [-0.15, -0.1) is 11.3 Å². The van der Waals surface area contributed by atoms with Crippen LogP contribution < -0.4 is 5.32 Å². The second-order valence-corrected chi connectivity index (χ2v) is 7.46. The van der Waals surface area contributed by atoms with Crippen LogP contribution in [0.25, 0.3) is 0 Å². The lowest BCUT2D eigenvalue weighted by Crippen LogP contribution is -2.61.